The Balaban J connectivity index is 1.70. The van der Waals surface area contributed by atoms with Gasteiger partial charge in [-0.05, 0) is 24.3 Å². The molecule has 0 unspecified atom stereocenters. The van der Waals surface area contributed by atoms with Gasteiger partial charge in [-0.1, -0.05) is 77.8 Å². The summed E-state index contributed by atoms with van der Waals surface area (Å²) in [7, 11) is 0. The van der Waals surface area contributed by atoms with Gasteiger partial charge < -0.3 is 4.74 Å². The van der Waals surface area contributed by atoms with Gasteiger partial charge in [-0.15, -0.1) is 0 Å². The molecule has 0 atom stereocenters. The molecule has 0 aliphatic heterocycles. The molecule has 27 heavy (non-hydrogen) atoms. The molecule has 1 aromatic heterocycles. The number of rotatable bonds is 5. The number of benzene rings is 3. The van der Waals surface area contributed by atoms with Crippen LogP contribution in [0.1, 0.15) is 5.56 Å². The predicted molar refractivity (Wildman–Crippen MR) is 110 cm³/mol. The van der Waals surface area contributed by atoms with E-state index in [-0.39, 0.29) is 0 Å². The maximum absolute atomic E-state index is 6.24. The Morgan fingerprint density at radius 2 is 1.52 bits per heavy atom. The summed E-state index contributed by atoms with van der Waals surface area (Å²) in [6, 6.07) is 25.4. The Morgan fingerprint density at radius 1 is 0.815 bits per heavy atom. The molecule has 0 saturated heterocycles. The van der Waals surface area contributed by atoms with Crippen LogP contribution in [0.25, 0.3) is 16.9 Å². The SMILES string of the molecule is Clc1cccc(OCc2cn(-c3ccccc3)nc2-c2ccccc2)c1Cl. The molecule has 0 radical (unpaired) electrons. The number of aromatic nitrogens is 2. The molecule has 4 aromatic rings. The third-order valence-corrected chi connectivity index (χ3v) is 4.96. The Hall–Kier alpha value is -2.75. The van der Waals surface area contributed by atoms with Crippen molar-refractivity contribution in [3.63, 3.8) is 0 Å². The maximum atomic E-state index is 6.24. The van der Waals surface area contributed by atoms with Crippen LogP contribution >= 0.6 is 23.2 Å². The Kier molecular flexibility index (Phi) is 5.14. The van der Waals surface area contributed by atoms with Crippen molar-refractivity contribution in [3.05, 3.63) is 101 Å². The number of hydrogen-bond acceptors (Lipinski definition) is 2. The normalized spacial score (nSPS) is 10.7. The van der Waals surface area contributed by atoms with Gasteiger partial charge in [0.05, 0.1) is 16.4 Å². The van der Waals surface area contributed by atoms with E-state index in [4.69, 9.17) is 33.0 Å². The minimum Gasteiger partial charge on any atom is -0.487 e. The van der Waals surface area contributed by atoms with Gasteiger partial charge >= 0.3 is 0 Å². The zero-order chi connectivity index (χ0) is 18.6. The van der Waals surface area contributed by atoms with Crippen LogP contribution in [0.5, 0.6) is 5.75 Å². The van der Waals surface area contributed by atoms with Gasteiger partial charge in [-0.3, -0.25) is 0 Å². The molecule has 1 heterocycles. The van der Waals surface area contributed by atoms with Gasteiger partial charge in [0, 0.05) is 17.3 Å². The molecule has 0 aliphatic carbocycles. The summed E-state index contributed by atoms with van der Waals surface area (Å²) in [5.74, 6) is 0.552. The highest BCUT2D eigenvalue weighted by Gasteiger charge is 2.14. The van der Waals surface area contributed by atoms with Crippen molar-refractivity contribution in [1.82, 2.24) is 9.78 Å². The molecule has 0 aliphatic rings. The van der Waals surface area contributed by atoms with Crippen LogP contribution < -0.4 is 4.74 Å². The molecule has 3 nitrogen and oxygen atoms in total. The molecular formula is C22H16Cl2N2O. The second-order valence-corrected chi connectivity index (χ2v) is 6.77. The lowest BCUT2D eigenvalue weighted by atomic mass is 10.1. The first kappa shape index (κ1) is 17.7. The number of ether oxygens (including phenoxy) is 1. The summed E-state index contributed by atoms with van der Waals surface area (Å²) in [5, 5.41) is 5.66. The van der Waals surface area contributed by atoms with Gasteiger partial charge in [-0.25, -0.2) is 4.68 Å². The van der Waals surface area contributed by atoms with Crippen molar-refractivity contribution in [2.45, 2.75) is 6.61 Å². The molecule has 134 valence electrons. The molecule has 3 aromatic carbocycles. The minimum absolute atomic E-state index is 0.330. The third-order valence-electron chi connectivity index (χ3n) is 4.16. The Morgan fingerprint density at radius 3 is 2.26 bits per heavy atom. The zero-order valence-corrected chi connectivity index (χ0v) is 15.9. The number of para-hydroxylation sites is 1. The first-order valence-electron chi connectivity index (χ1n) is 8.48. The second-order valence-electron chi connectivity index (χ2n) is 5.99. The molecule has 0 fully saturated rings. The standard InChI is InChI=1S/C22H16Cl2N2O/c23-19-12-7-13-20(21(19)24)27-15-17-14-26(18-10-5-2-6-11-18)25-22(17)16-8-3-1-4-9-16/h1-14H,15H2. The summed E-state index contributed by atoms with van der Waals surface area (Å²) in [6.45, 7) is 0.330. The third kappa shape index (κ3) is 3.85. The van der Waals surface area contributed by atoms with E-state index in [1.807, 2.05) is 77.6 Å². The fourth-order valence-electron chi connectivity index (χ4n) is 2.82. The Labute approximate surface area is 167 Å². The van der Waals surface area contributed by atoms with E-state index in [1.54, 1.807) is 12.1 Å². The fourth-order valence-corrected chi connectivity index (χ4v) is 3.16. The molecule has 0 bridgehead atoms. The first-order chi connectivity index (χ1) is 13.2. The largest absolute Gasteiger partial charge is 0.487 e. The van der Waals surface area contributed by atoms with Gasteiger partial charge in [-0.2, -0.15) is 5.10 Å². The summed E-state index contributed by atoms with van der Waals surface area (Å²) < 4.78 is 7.81. The highest BCUT2D eigenvalue weighted by molar-refractivity contribution is 6.42. The number of halogens is 2. The molecular weight excluding hydrogens is 379 g/mol. The van der Waals surface area contributed by atoms with E-state index in [0.717, 1.165) is 22.5 Å². The van der Waals surface area contributed by atoms with Crippen LogP contribution in [-0.4, -0.2) is 9.78 Å². The van der Waals surface area contributed by atoms with Crippen molar-refractivity contribution < 1.29 is 4.74 Å². The lowest BCUT2D eigenvalue weighted by molar-refractivity contribution is 0.307. The van der Waals surface area contributed by atoms with E-state index >= 15 is 0 Å². The lowest BCUT2D eigenvalue weighted by Gasteiger charge is -2.09. The van der Waals surface area contributed by atoms with Crippen LogP contribution in [0, 0.1) is 0 Å². The van der Waals surface area contributed by atoms with Gasteiger partial charge in [0.15, 0.2) is 0 Å². The van der Waals surface area contributed by atoms with E-state index in [1.165, 1.54) is 0 Å². The van der Waals surface area contributed by atoms with Crippen LogP contribution in [0.2, 0.25) is 10.0 Å². The predicted octanol–water partition coefficient (Wildman–Crippen LogP) is 6.43. The number of hydrogen-bond donors (Lipinski definition) is 0. The van der Waals surface area contributed by atoms with E-state index in [0.29, 0.717) is 22.4 Å². The summed E-state index contributed by atoms with van der Waals surface area (Å²) in [4.78, 5) is 0. The van der Waals surface area contributed by atoms with Crippen molar-refractivity contribution in [2.75, 3.05) is 0 Å². The smallest absolute Gasteiger partial charge is 0.139 e. The van der Waals surface area contributed by atoms with Crippen molar-refractivity contribution in [1.29, 1.82) is 0 Å². The number of nitrogens with zero attached hydrogens (tertiary/aromatic N) is 2. The van der Waals surface area contributed by atoms with E-state index < -0.39 is 0 Å². The lowest BCUT2D eigenvalue weighted by Crippen LogP contribution is -1.97. The van der Waals surface area contributed by atoms with E-state index in [9.17, 15) is 0 Å². The van der Waals surface area contributed by atoms with Gasteiger partial charge in [0.2, 0.25) is 0 Å². The summed E-state index contributed by atoms with van der Waals surface area (Å²) in [5.41, 5.74) is 3.85. The van der Waals surface area contributed by atoms with Crippen LogP contribution in [0.4, 0.5) is 0 Å². The average molecular weight is 395 g/mol. The van der Waals surface area contributed by atoms with Crippen LogP contribution in [0.3, 0.4) is 0 Å². The van der Waals surface area contributed by atoms with E-state index in [2.05, 4.69) is 0 Å². The van der Waals surface area contributed by atoms with Crippen molar-refractivity contribution in [2.24, 2.45) is 0 Å². The van der Waals surface area contributed by atoms with Crippen LogP contribution in [-0.2, 0) is 6.61 Å². The minimum atomic E-state index is 0.330. The highest BCUT2D eigenvalue weighted by atomic mass is 35.5. The monoisotopic (exact) mass is 394 g/mol. The molecule has 0 saturated carbocycles. The summed E-state index contributed by atoms with van der Waals surface area (Å²) >= 11 is 12.3. The first-order valence-corrected chi connectivity index (χ1v) is 9.24. The quantitative estimate of drug-likeness (QED) is 0.390. The fraction of sp³-hybridized carbons (Fsp3) is 0.0455. The van der Waals surface area contributed by atoms with Crippen molar-refractivity contribution >= 4 is 23.2 Å². The van der Waals surface area contributed by atoms with Gasteiger partial charge in [0.25, 0.3) is 0 Å². The highest BCUT2D eigenvalue weighted by Crippen LogP contribution is 2.33. The molecule has 0 N–H and O–H groups in total. The molecule has 5 heteroatoms. The average Bonchev–Trinajstić information content (AvgIpc) is 3.15. The zero-order valence-electron chi connectivity index (χ0n) is 14.3. The second kappa shape index (κ2) is 7.87. The molecule has 0 amide bonds. The summed E-state index contributed by atoms with van der Waals surface area (Å²) in [6.07, 6.45) is 1.98. The van der Waals surface area contributed by atoms with Crippen molar-refractivity contribution in [3.8, 4) is 22.7 Å². The van der Waals surface area contributed by atoms with Crippen LogP contribution in [0.15, 0.2) is 85.1 Å². The Bertz CT molecular complexity index is 1050. The molecule has 4 rings (SSSR count). The molecule has 0 spiro atoms. The maximum Gasteiger partial charge on any atom is 0.139 e. The van der Waals surface area contributed by atoms with Gasteiger partial charge in [0.1, 0.15) is 17.4 Å². The topological polar surface area (TPSA) is 27.1 Å².